The fraction of sp³-hybridized carbons (Fsp3) is 0.235. The molecular formula is C17H16O4. The Morgan fingerprint density at radius 3 is 2.90 bits per heavy atom. The van der Waals surface area contributed by atoms with E-state index in [1.807, 2.05) is 24.3 Å². The predicted molar refractivity (Wildman–Crippen MR) is 78.3 cm³/mol. The van der Waals surface area contributed by atoms with Gasteiger partial charge >= 0.3 is 5.97 Å². The highest BCUT2D eigenvalue weighted by molar-refractivity contribution is 5.90. The summed E-state index contributed by atoms with van der Waals surface area (Å²) in [6, 6.07) is 13.0. The third-order valence-electron chi connectivity index (χ3n) is 3.75. The van der Waals surface area contributed by atoms with Crippen LogP contribution in [-0.4, -0.2) is 24.3 Å². The van der Waals surface area contributed by atoms with Gasteiger partial charge in [0.1, 0.15) is 11.5 Å². The molecule has 1 atom stereocenters. The fourth-order valence-corrected chi connectivity index (χ4v) is 2.56. The summed E-state index contributed by atoms with van der Waals surface area (Å²) in [7, 11) is 0. The second-order valence-electron chi connectivity index (χ2n) is 5.09. The van der Waals surface area contributed by atoms with Gasteiger partial charge in [-0.25, -0.2) is 4.79 Å². The molecule has 1 unspecified atom stereocenters. The summed E-state index contributed by atoms with van der Waals surface area (Å²) < 4.78 is 11.4. The molecule has 0 bridgehead atoms. The highest BCUT2D eigenvalue weighted by Crippen LogP contribution is 2.34. The maximum absolute atomic E-state index is 11.1. The standard InChI is InChI=1S/C17H16O4/c1-11-13(17(18)19)6-4-8-15(11)20-9-12-10-21-16-7-3-2-5-14(12)16/h2-8,12H,9-10H2,1H3,(H,18,19). The Balaban J connectivity index is 1.75. The number of rotatable bonds is 4. The lowest BCUT2D eigenvalue weighted by molar-refractivity contribution is 0.0695. The molecule has 4 heteroatoms. The van der Waals surface area contributed by atoms with Crippen molar-refractivity contribution in [3.05, 3.63) is 59.2 Å². The van der Waals surface area contributed by atoms with Crippen molar-refractivity contribution in [2.24, 2.45) is 0 Å². The quantitative estimate of drug-likeness (QED) is 0.936. The lowest BCUT2D eigenvalue weighted by Crippen LogP contribution is -2.13. The molecule has 1 aliphatic heterocycles. The van der Waals surface area contributed by atoms with Crippen LogP contribution in [0.3, 0.4) is 0 Å². The Labute approximate surface area is 122 Å². The molecule has 0 amide bonds. The minimum atomic E-state index is -0.938. The fourth-order valence-electron chi connectivity index (χ4n) is 2.56. The van der Waals surface area contributed by atoms with Crippen molar-refractivity contribution in [1.82, 2.24) is 0 Å². The maximum Gasteiger partial charge on any atom is 0.336 e. The molecule has 108 valence electrons. The van der Waals surface area contributed by atoms with E-state index in [1.54, 1.807) is 25.1 Å². The summed E-state index contributed by atoms with van der Waals surface area (Å²) in [5, 5.41) is 9.12. The monoisotopic (exact) mass is 284 g/mol. The van der Waals surface area contributed by atoms with E-state index in [0.717, 1.165) is 11.3 Å². The normalized spacial score (nSPS) is 16.1. The van der Waals surface area contributed by atoms with Gasteiger partial charge in [-0.3, -0.25) is 0 Å². The van der Waals surface area contributed by atoms with Gasteiger partial charge in [0.25, 0.3) is 0 Å². The molecule has 0 aromatic heterocycles. The summed E-state index contributed by atoms with van der Waals surface area (Å²) >= 11 is 0. The van der Waals surface area contributed by atoms with Crippen molar-refractivity contribution in [1.29, 1.82) is 0 Å². The Kier molecular flexibility index (Phi) is 3.52. The van der Waals surface area contributed by atoms with Gasteiger partial charge in [-0.05, 0) is 25.1 Å². The van der Waals surface area contributed by atoms with Crippen molar-refractivity contribution in [3.63, 3.8) is 0 Å². The molecule has 4 nitrogen and oxygen atoms in total. The number of carboxylic acid groups (broad SMARTS) is 1. The zero-order valence-corrected chi connectivity index (χ0v) is 11.7. The van der Waals surface area contributed by atoms with E-state index >= 15 is 0 Å². The number of ether oxygens (including phenoxy) is 2. The third-order valence-corrected chi connectivity index (χ3v) is 3.75. The highest BCUT2D eigenvalue weighted by Gasteiger charge is 2.24. The zero-order chi connectivity index (χ0) is 14.8. The van der Waals surface area contributed by atoms with Crippen LogP contribution < -0.4 is 9.47 Å². The van der Waals surface area contributed by atoms with Crippen molar-refractivity contribution in [3.8, 4) is 11.5 Å². The number of carbonyl (C=O) groups is 1. The van der Waals surface area contributed by atoms with Crippen LogP contribution in [0.2, 0.25) is 0 Å². The van der Waals surface area contributed by atoms with Crippen LogP contribution in [0.5, 0.6) is 11.5 Å². The molecule has 1 heterocycles. The van der Waals surface area contributed by atoms with Crippen LogP contribution in [0.4, 0.5) is 0 Å². The number of benzene rings is 2. The number of para-hydroxylation sites is 1. The summed E-state index contributed by atoms with van der Waals surface area (Å²) in [4.78, 5) is 11.1. The van der Waals surface area contributed by atoms with E-state index < -0.39 is 5.97 Å². The van der Waals surface area contributed by atoms with Gasteiger partial charge in [-0.15, -0.1) is 0 Å². The third kappa shape index (κ3) is 2.57. The van der Waals surface area contributed by atoms with Crippen LogP contribution in [0.25, 0.3) is 0 Å². The molecule has 21 heavy (non-hydrogen) atoms. The zero-order valence-electron chi connectivity index (χ0n) is 11.7. The predicted octanol–water partition coefficient (Wildman–Crippen LogP) is 3.25. The number of hydrogen-bond acceptors (Lipinski definition) is 3. The summed E-state index contributed by atoms with van der Waals surface area (Å²) in [6.07, 6.45) is 0. The van der Waals surface area contributed by atoms with Crippen molar-refractivity contribution >= 4 is 5.97 Å². The van der Waals surface area contributed by atoms with Gasteiger partial charge in [0.15, 0.2) is 0 Å². The second-order valence-corrected chi connectivity index (χ2v) is 5.09. The number of fused-ring (bicyclic) bond motifs is 1. The van der Waals surface area contributed by atoms with E-state index in [4.69, 9.17) is 14.6 Å². The van der Waals surface area contributed by atoms with E-state index in [1.165, 1.54) is 0 Å². The Morgan fingerprint density at radius 1 is 1.29 bits per heavy atom. The molecule has 1 aliphatic rings. The van der Waals surface area contributed by atoms with E-state index in [0.29, 0.717) is 24.5 Å². The lowest BCUT2D eigenvalue weighted by Gasteiger charge is -2.14. The average Bonchev–Trinajstić information content (AvgIpc) is 2.89. The molecule has 2 aromatic carbocycles. The minimum absolute atomic E-state index is 0.175. The van der Waals surface area contributed by atoms with Gasteiger partial charge in [0, 0.05) is 11.1 Å². The smallest absolute Gasteiger partial charge is 0.336 e. The molecule has 2 aromatic rings. The van der Waals surface area contributed by atoms with Crippen LogP contribution in [0.15, 0.2) is 42.5 Å². The topological polar surface area (TPSA) is 55.8 Å². The van der Waals surface area contributed by atoms with E-state index in [9.17, 15) is 4.79 Å². The first-order valence-electron chi connectivity index (χ1n) is 6.84. The van der Waals surface area contributed by atoms with Crippen molar-refractivity contribution < 1.29 is 19.4 Å². The van der Waals surface area contributed by atoms with Crippen molar-refractivity contribution in [2.45, 2.75) is 12.8 Å². The molecule has 3 rings (SSSR count). The van der Waals surface area contributed by atoms with Crippen LogP contribution in [0, 0.1) is 6.92 Å². The SMILES string of the molecule is Cc1c(OCC2COc3ccccc32)cccc1C(=O)O. The first kappa shape index (κ1) is 13.5. The number of aromatic carboxylic acids is 1. The molecule has 0 radical (unpaired) electrons. The van der Waals surface area contributed by atoms with Gasteiger partial charge in [0.05, 0.1) is 24.7 Å². The molecule has 0 aliphatic carbocycles. The average molecular weight is 284 g/mol. The largest absolute Gasteiger partial charge is 0.493 e. The molecule has 0 spiro atoms. The van der Waals surface area contributed by atoms with E-state index in [-0.39, 0.29) is 11.5 Å². The van der Waals surface area contributed by atoms with Crippen molar-refractivity contribution in [2.75, 3.05) is 13.2 Å². The highest BCUT2D eigenvalue weighted by atomic mass is 16.5. The summed E-state index contributed by atoms with van der Waals surface area (Å²) in [5.41, 5.74) is 2.07. The van der Waals surface area contributed by atoms with Gasteiger partial charge in [-0.2, -0.15) is 0 Å². The van der Waals surface area contributed by atoms with E-state index in [2.05, 4.69) is 0 Å². The first-order valence-corrected chi connectivity index (χ1v) is 6.84. The number of hydrogen-bond donors (Lipinski definition) is 1. The molecule has 0 fully saturated rings. The molecule has 0 saturated heterocycles. The Hall–Kier alpha value is -2.49. The molecule has 0 saturated carbocycles. The van der Waals surface area contributed by atoms with Crippen LogP contribution >= 0.6 is 0 Å². The van der Waals surface area contributed by atoms with Gasteiger partial charge in [-0.1, -0.05) is 24.3 Å². The lowest BCUT2D eigenvalue weighted by atomic mass is 10.0. The summed E-state index contributed by atoms with van der Waals surface area (Å²) in [6.45, 7) is 2.83. The Morgan fingerprint density at radius 2 is 2.10 bits per heavy atom. The maximum atomic E-state index is 11.1. The molecular weight excluding hydrogens is 268 g/mol. The van der Waals surface area contributed by atoms with Crippen LogP contribution in [-0.2, 0) is 0 Å². The second kappa shape index (κ2) is 5.48. The minimum Gasteiger partial charge on any atom is -0.493 e. The Bertz CT molecular complexity index is 678. The van der Waals surface area contributed by atoms with Gasteiger partial charge < -0.3 is 14.6 Å². The summed E-state index contributed by atoms with van der Waals surface area (Å²) in [5.74, 6) is 0.753. The first-order chi connectivity index (χ1) is 10.2. The van der Waals surface area contributed by atoms with Crippen LogP contribution in [0.1, 0.15) is 27.4 Å². The van der Waals surface area contributed by atoms with Gasteiger partial charge in [0.2, 0.25) is 0 Å². The number of carboxylic acids is 1. The molecule has 1 N–H and O–H groups in total.